The van der Waals surface area contributed by atoms with Crippen LogP contribution < -0.4 is 11.1 Å². The Morgan fingerprint density at radius 1 is 1.56 bits per heavy atom. The van der Waals surface area contributed by atoms with Crippen LogP contribution in [0, 0.1) is 0 Å². The second-order valence-electron chi connectivity index (χ2n) is 4.58. The maximum atomic E-state index is 12.1. The van der Waals surface area contributed by atoms with Crippen LogP contribution in [-0.4, -0.2) is 23.2 Å². The van der Waals surface area contributed by atoms with E-state index in [1.165, 1.54) is 0 Å². The Morgan fingerprint density at radius 3 is 2.72 bits per heavy atom. The highest BCUT2D eigenvalue weighted by Crippen LogP contribution is 2.21. The van der Waals surface area contributed by atoms with Crippen molar-refractivity contribution in [1.29, 1.82) is 0 Å². The zero-order chi connectivity index (χ0) is 13.8. The SMILES string of the molecule is CCC(C)(CCO)NC(=O)c1ccc(N)cc1Cl. The van der Waals surface area contributed by atoms with Gasteiger partial charge in [-0.05, 0) is 38.0 Å². The Labute approximate surface area is 112 Å². The lowest BCUT2D eigenvalue weighted by atomic mass is 9.94. The van der Waals surface area contributed by atoms with Crippen LogP contribution in [-0.2, 0) is 0 Å². The molecule has 5 heteroatoms. The van der Waals surface area contributed by atoms with Crippen LogP contribution >= 0.6 is 11.6 Å². The Bertz CT molecular complexity index is 437. The van der Waals surface area contributed by atoms with Gasteiger partial charge in [-0.3, -0.25) is 4.79 Å². The molecule has 1 atom stereocenters. The van der Waals surface area contributed by atoms with E-state index in [4.69, 9.17) is 22.4 Å². The first kappa shape index (κ1) is 14.8. The van der Waals surface area contributed by atoms with Gasteiger partial charge >= 0.3 is 0 Å². The minimum Gasteiger partial charge on any atom is -0.399 e. The van der Waals surface area contributed by atoms with Crippen LogP contribution in [0.3, 0.4) is 0 Å². The lowest BCUT2D eigenvalue weighted by molar-refractivity contribution is 0.0886. The standard InChI is InChI=1S/C13H19ClN2O2/c1-3-13(2,6-7-17)16-12(18)10-5-4-9(15)8-11(10)14/h4-5,8,17H,3,6-7,15H2,1-2H3,(H,16,18). The third-order valence-electron chi connectivity index (χ3n) is 3.10. The monoisotopic (exact) mass is 270 g/mol. The fourth-order valence-corrected chi connectivity index (χ4v) is 1.91. The van der Waals surface area contributed by atoms with Crippen LogP contribution in [0.2, 0.25) is 5.02 Å². The fraction of sp³-hybridized carbons (Fsp3) is 0.462. The van der Waals surface area contributed by atoms with E-state index in [1.54, 1.807) is 18.2 Å². The van der Waals surface area contributed by atoms with Crippen LogP contribution in [0.15, 0.2) is 18.2 Å². The molecule has 0 radical (unpaired) electrons. The van der Waals surface area contributed by atoms with Gasteiger partial charge in [-0.2, -0.15) is 0 Å². The molecule has 4 N–H and O–H groups in total. The molecule has 0 saturated carbocycles. The summed E-state index contributed by atoms with van der Waals surface area (Å²) in [6.07, 6.45) is 1.23. The first-order valence-electron chi connectivity index (χ1n) is 5.90. The molecule has 0 fully saturated rings. The largest absolute Gasteiger partial charge is 0.399 e. The fourth-order valence-electron chi connectivity index (χ4n) is 1.63. The van der Waals surface area contributed by atoms with Gasteiger partial charge in [0.1, 0.15) is 0 Å². The second-order valence-corrected chi connectivity index (χ2v) is 4.99. The molecule has 0 saturated heterocycles. The molecule has 18 heavy (non-hydrogen) atoms. The van der Waals surface area contributed by atoms with Gasteiger partial charge in [-0.25, -0.2) is 0 Å². The Kier molecular flexibility index (Phi) is 4.99. The van der Waals surface area contributed by atoms with Crippen LogP contribution in [0.5, 0.6) is 0 Å². The zero-order valence-corrected chi connectivity index (χ0v) is 11.4. The molecule has 0 bridgehead atoms. The number of nitrogen functional groups attached to an aromatic ring is 1. The van der Waals surface area contributed by atoms with Crippen molar-refractivity contribution in [1.82, 2.24) is 5.32 Å². The normalized spacial score (nSPS) is 14.0. The van der Waals surface area contributed by atoms with E-state index in [9.17, 15) is 4.79 Å². The molecule has 0 aliphatic rings. The first-order valence-corrected chi connectivity index (χ1v) is 6.28. The van der Waals surface area contributed by atoms with E-state index in [-0.39, 0.29) is 12.5 Å². The Morgan fingerprint density at radius 2 is 2.22 bits per heavy atom. The number of carbonyl (C=O) groups is 1. The molecule has 1 unspecified atom stereocenters. The number of halogens is 1. The van der Waals surface area contributed by atoms with Crippen LogP contribution in [0.1, 0.15) is 37.0 Å². The molecule has 1 rings (SSSR count). The van der Waals surface area contributed by atoms with Gasteiger partial charge in [0.15, 0.2) is 0 Å². The number of carbonyl (C=O) groups excluding carboxylic acids is 1. The smallest absolute Gasteiger partial charge is 0.253 e. The van der Waals surface area contributed by atoms with Gasteiger partial charge in [0.25, 0.3) is 5.91 Å². The number of nitrogens with one attached hydrogen (secondary N) is 1. The average molecular weight is 271 g/mol. The number of hydrogen-bond donors (Lipinski definition) is 3. The zero-order valence-electron chi connectivity index (χ0n) is 10.7. The number of nitrogens with two attached hydrogens (primary N) is 1. The Balaban J connectivity index is 2.87. The van der Waals surface area contributed by atoms with Crippen LogP contribution in [0.25, 0.3) is 0 Å². The topological polar surface area (TPSA) is 75.3 Å². The quantitative estimate of drug-likeness (QED) is 0.718. The van der Waals surface area contributed by atoms with E-state index in [0.717, 1.165) is 6.42 Å². The summed E-state index contributed by atoms with van der Waals surface area (Å²) in [4.78, 5) is 12.1. The van der Waals surface area contributed by atoms with E-state index < -0.39 is 5.54 Å². The third kappa shape index (κ3) is 3.62. The average Bonchev–Trinajstić information content (AvgIpc) is 2.28. The van der Waals surface area contributed by atoms with Gasteiger partial charge in [-0.15, -0.1) is 0 Å². The summed E-state index contributed by atoms with van der Waals surface area (Å²) < 4.78 is 0. The van der Waals surface area contributed by atoms with Crippen molar-refractivity contribution < 1.29 is 9.90 Å². The molecule has 0 aliphatic carbocycles. The molecule has 4 nitrogen and oxygen atoms in total. The van der Waals surface area contributed by atoms with Crippen molar-refractivity contribution in [3.8, 4) is 0 Å². The minimum atomic E-state index is -0.434. The summed E-state index contributed by atoms with van der Waals surface area (Å²) in [5.74, 6) is -0.252. The molecular formula is C13H19ClN2O2. The predicted octanol–water partition coefficient (Wildman–Crippen LogP) is 2.20. The van der Waals surface area contributed by atoms with Gasteiger partial charge < -0.3 is 16.2 Å². The molecule has 1 aromatic carbocycles. The molecule has 100 valence electrons. The molecular weight excluding hydrogens is 252 g/mol. The number of aliphatic hydroxyl groups is 1. The van der Waals surface area contributed by atoms with E-state index >= 15 is 0 Å². The first-order chi connectivity index (χ1) is 8.41. The molecule has 1 aromatic rings. The van der Waals surface area contributed by atoms with E-state index in [1.807, 2.05) is 13.8 Å². The molecule has 0 aromatic heterocycles. The predicted molar refractivity (Wildman–Crippen MR) is 73.7 cm³/mol. The van der Waals surface area contributed by atoms with Crippen molar-refractivity contribution in [3.05, 3.63) is 28.8 Å². The summed E-state index contributed by atoms with van der Waals surface area (Å²) in [7, 11) is 0. The molecule has 0 spiro atoms. The second kappa shape index (κ2) is 6.07. The third-order valence-corrected chi connectivity index (χ3v) is 3.41. The maximum Gasteiger partial charge on any atom is 0.253 e. The van der Waals surface area contributed by atoms with Gasteiger partial charge in [0, 0.05) is 17.8 Å². The highest BCUT2D eigenvalue weighted by molar-refractivity contribution is 6.34. The van der Waals surface area contributed by atoms with Crippen molar-refractivity contribution in [3.63, 3.8) is 0 Å². The summed E-state index contributed by atoms with van der Waals surface area (Å²) in [6, 6.07) is 4.78. The maximum absolute atomic E-state index is 12.1. The van der Waals surface area contributed by atoms with Gasteiger partial charge in [0.2, 0.25) is 0 Å². The lowest BCUT2D eigenvalue weighted by Gasteiger charge is -2.29. The highest BCUT2D eigenvalue weighted by Gasteiger charge is 2.25. The molecule has 1 amide bonds. The van der Waals surface area contributed by atoms with Crippen molar-refractivity contribution in [2.75, 3.05) is 12.3 Å². The van der Waals surface area contributed by atoms with Gasteiger partial charge in [0.05, 0.1) is 10.6 Å². The number of anilines is 1. The molecule has 0 heterocycles. The lowest BCUT2D eigenvalue weighted by Crippen LogP contribution is -2.46. The Hall–Kier alpha value is -1.26. The number of benzene rings is 1. The number of rotatable bonds is 5. The summed E-state index contributed by atoms with van der Waals surface area (Å²) in [5, 5.41) is 12.2. The number of aliphatic hydroxyl groups excluding tert-OH is 1. The highest BCUT2D eigenvalue weighted by atomic mass is 35.5. The van der Waals surface area contributed by atoms with E-state index in [2.05, 4.69) is 5.32 Å². The van der Waals surface area contributed by atoms with Crippen molar-refractivity contribution in [2.24, 2.45) is 0 Å². The van der Waals surface area contributed by atoms with E-state index in [0.29, 0.717) is 22.7 Å². The summed E-state index contributed by atoms with van der Waals surface area (Å²) in [6.45, 7) is 3.88. The summed E-state index contributed by atoms with van der Waals surface area (Å²) in [5.41, 5.74) is 6.06. The minimum absolute atomic E-state index is 0.0279. The van der Waals surface area contributed by atoms with Crippen LogP contribution in [0.4, 0.5) is 5.69 Å². The van der Waals surface area contributed by atoms with Gasteiger partial charge in [-0.1, -0.05) is 18.5 Å². The summed E-state index contributed by atoms with van der Waals surface area (Å²) >= 11 is 5.98. The molecule has 0 aliphatic heterocycles. The van der Waals surface area contributed by atoms with Crippen molar-refractivity contribution >= 4 is 23.2 Å². The number of hydrogen-bond acceptors (Lipinski definition) is 3. The number of amides is 1. The van der Waals surface area contributed by atoms with Crippen molar-refractivity contribution in [2.45, 2.75) is 32.2 Å².